The second kappa shape index (κ2) is 9.50. The van der Waals surface area contributed by atoms with Crippen LogP contribution >= 0.6 is 22.6 Å². The van der Waals surface area contributed by atoms with Crippen LogP contribution in [0.4, 0.5) is 17.5 Å². The van der Waals surface area contributed by atoms with E-state index in [0.29, 0.717) is 24.6 Å². The first kappa shape index (κ1) is 20.1. The topological polar surface area (TPSA) is 78.9 Å². The molecule has 144 valence electrons. The number of hydrogen-bond acceptors (Lipinski definition) is 5. The van der Waals surface area contributed by atoms with Gasteiger partial charge in [0.05, 0.1) is 0 Å². The van der Waals surface area contributed by atoms with Gasteiger partial charge in [-0.3, -0.25) is 4.79 Å². The molecule has 0 unspecified atom stereocenters. The van der Waals surface area contributed by atoms with Crippen LogP contribution in [-0.2, 0) is 0 Å². The zero-order chi connectivity index (χ0) is 19.9. The summed E-state index contributed by atoms with van der Waals surface area (Å²) in [5.41, 5.74) is 3.69. The highest BCUT2D eigenvalue weighted by molar-refractivity contribution is 14.1. The van der Waals surface area contributed by atoms with Crippen LogP contribution in [0.2, 0.25) is 0 Å². The monoisotopic (exact) mass is 487 g/mol. The molecule has 0 saturated carbocycles. The molecule has 1 amide bonds. The molecule has 0 atom stereocenters. The number of amides is 1. The lowest BCUT2D eigenvalue weighted by Gasteiger charge is -2.11. The van der Waals surface area contributed by atoms with Gasteiger partial charge in [-0.05, 0) is 66.8 Å². The van der Waals surface area contributed by atoms with Crippen LogP contribution in [0.3, 0.4) is 0 Å². The lowest BCUT2D eigenvalue weighted by molar-refractivity contribution is 0.0955. The number of carbonyl (C=O) groups excluding carboxylic acids is 1. The highest BCUT2D eigenvalue weighted by Gasteiger charge is 2.06. The number of halogens is 1. The summed E-state index contributed by atoms with van der Waals surface area (Å²) in [5.74, 6) is 1.16. The molecular weight excluding hydrogens is 465 g/mol. The summed E-state index contributed by atoms with van der Waals surface area (Å²) in [7, 11) is 0. The van der Waals surface area contributed by atoms with Crippen molar-refractivity contribution in [1.82, 2.24) is 15.3 Å². The largest absolute Gasteiger partial charge is 0.352 e. The van der Waals surface area contributed by atoms with E-state index in [1.165, 1.54) is 5.56 Å². The highest BCUT2D eigenvalue weighted by atomic mass is 127. The van der Waals surface area contributed by atoms with E-state index in [2.05, 4.69) is 55.4 Å². The van der Waals surface area contributed by atoms with Crippen molar-refractivity contribution in [1.29, 1.82) is 0 Å². The van der Waals surface area contributed by atoms with Gasteiger partial charge < -0.3 is 16.0 Å². The third-order valence-corrected chi connectivity index (χ3v) is 4.63. The SMILES string of the molecule is Cc1ccc(Nc2cc(C)nc(NCCNC(=O)c3cccc(I)c3)n2)cc1. The lowest BCUT2D eigenvalue weighted by Crippen LogP contribution is -2.29. The molecule has 0 radical (unpaired) electrons. The van der Waals surface area contributed by atoms with Gasteiger partial charge in [0.2, 0.25) is 5.95 Å². The zero-order valence-corrected chi connectivity index (χ0v) is 17.9. The molecule has 0 saturated heterocycles. The number of nitrogens with zero attached hydrogens (tertiary/aromatic N) is 2. The van der Waals surface area contributed by atoms with Crippen molar-refractivity contribution in [2.24, 2.45) is 0 Å². The van der Waals surface area contributed by atoms with Crippen LogP contribution < -0.4 is 16.0 Å². The van der Waals surface area contributed by atoms with Crippen LogP contribution in [0.25, 0.3) is 0 Å². The van der Waals surface area contributed by atoms with Crippen LogP contribution in [0.1, 0.15) is 21.6 Å². The Balaban J connectivity index is 1.53. The average Bonchev–Trinajstić information content (AvgIpc) is 2.66. The van der Waals surface area contributed by atoms with Crippen LogP contribution in [0.15, 0.2) is 54.6 Å². The minimum absolute atomic E-state index is 0.0906. The first-order chi connectivity index (χ1) is 13.5. The zero-order valence-electron chi connectivity index (χ0n) is 15.8. The maximum Gasteiger partial charge on any atom is 0.251 e. The summed E-state index contributed by atoms with van der Waals surface area (Å²) < 4.78 is 1.03. The van der Waals surface area contributed by atoms with Gasteiger partial charge in [-0.25, -0.2) is 4.98 Å². The number of anilines is 3. The molecule has 6 nitrogen and oxygen atoms in total. The third kappa shape index (κ3) is 5.91. The lowest BCUT2D eigenvalue weighted by atomic mass is 10.2. The molecular formula is C21H22IN5O. The fraction of sp³-hybridized carbons (Fsp3) is 0.190. The number of aryl methyl sites for hydroxylation is 2. The maximum absolute atomic E-state index is 12.2. The van der Waals surface area contributed by atoms with Gasteiger partial charge in [0.1, 0.15) is 5.82 Å². The van der Waals surface area contributed by atoms with Crippen LogP contribution in [0.5, 0.6) is 0 Å². The van der Waals surface area contributed by atoms with E-state index < -0.39 is 0 Å². The summed E-state index contributed by atoms with van der Waals surface area (Å²) in [5, 5.41) is 9.34. The van der Waals surface area contributed by atoms with Gasteiger partial charge in [0, 0.05) is 39.7 Å². The standard InChI is InChI=1S/C21H22IN5O/c1-14-6-8-18(9-7-14)26-19-12-15(2)25-21(27-19)24-11-10-23-20(28)16-4-3-5-17(22)13-16/h3-9,12-13H,10-11H2,1-2H3,(H,23,28)(H2,24,25,26,27). The van der Waals surface area contributed by atoms with Gasteiger partial charge in [-0.15, -0.1) is 0 Å². The predicted molar refractivity (Wildman–Crippen MR) is 121 cm³/mol. The van der Waals surface area contributed by atoms with E-state index >= 15 is 0 Å². The van der Waals surface area contributed by atoms with Crippen LogP contribution in [0, 0.1) is 17.4 Å². The van der Waals surface area contributed by atoms with Crippen molar-refractivity contribution in [3.05, 3.63) is 75.0 Å². The number of benzene rings is 2. The Kier molecular flexibility index (Phi) is 6.80. The molecule has 0 spiro atoms. The molecule has 0 aliphatic carbocycles. The van der Waals surface area contributed by atoms with E-state index in [-0.39, 0.29) is 5.91 Å². The second-order valence-electron chi connectivity index (χ2n) is 6.40. The van der Waals surface area contributed by atoms with E-state index in [1.807, 2.05) is 55.5 Å². The molecule has 0 aliphatic heterocycles. The number of rotatable bonds is 7. The van der Waals surface area contributed by atoms with Gasteiger partial charge in [0.15, 0.2) is 0 Å². The smallest absolute Gasteiger partial charge is 0.251 e. The van der Waals surface area contributed by atoms with E-state index in [4.69, 9.17) is 0 Å². The molecule has 0 bridgehead atoms. The summed E-state index contributed by atoms with van der Waals surface area (Å²) in [6.45, 7) is 4.98. The van der Waals surface area contributed by atoms with E-state index in [0.717, 1.165) is 20.8 Å². The molecule has 0 aliphatic rings. The Bertz CT molecular complexity index is 959. The van der Waals surface area contributed by atoms with E-state index in [1.54, 1.807) is 6.07 Å². The molecule has 28 heavy (non-hydrogen) atoms. The minimum atomic E-state index is -0.0906. The number of hydrogen-bond donors (Lipinski definition) is 3. The summed E-state index contributed by atoms with van der Waals surface area (Å²) in [6.07, 6.45) is 0. The Morgan fingerprint density at radius 3 is 2.54 bits per heavy atom. The molecule has 7 heteroatoms. The fourth-order valence-corrected chi connectivity index (χ4v) is 3.12. The normalized spacial score (nSPS) is 10.4. The molecule has 0 fully saturated rings. The average molecular weight is 487 g/mol. The number of carbonyl (C=O) groups is 1. The first-order valence-electron chi connectivity index (χ1n) is 8.96. The molecule has 1 heterocycles. The molecule has 1 aromatic heterocycles. The first-order valence-corrected chi connectivity index (χ1v) is 10.0. The molecule has 3 N–H and O–H groups in total. The van der Waals surface area contributed by atoms with Crippen molar-refractivity contribution in [3.8, 4) is 0 Å². The minimum Gasteiger partial charge on any atom is -0.352 e. The van der Waals surface area contributed by atoms with Gasteiger partial charge in [0.25, 0.3) is 5.91 Å². The van der Waals surface area contributed by atoms with E-state index in [9.17, 15) is 4.79 Å². The predicted octanol–water partition coefficient (Wildman–Crippen LogP) is 4.28. The Morgan fingerprint density at radius 2 is 1.79 bits per heavy atom. The number of aromatic nitrogens is 2. The van der Waals surface area contributed by atoms with Gasteiger partial charge >= 0.3 is 0 Å². The second-order valence-corrected chi connectivity index (χ2v) is 7.65. The summed E-state index contributed by atoms with van der Waals surface area (Å²) >= 11 is 2.19. The Labute approximate surface area is 178 Å². The van der Waals surface area contributed by atoms with Gasteiger partial charge in [-0.1, -0.05) is 23.8 Å². The van der Waals surface area contributed by atoms with Crippen molar-refractivity contribution in [2.45, 2.75) is 13.8 Å². The molecule has 2 aromatic carbocycles. The van der Waals surface area contributed by atoms with Crippen molar-refractivity contribution >= 4 is 46.0 Å². The highest BCUT2D eigenvalue weighted by Crippen LogP contribution is 2.17. The van der Waals surface area contributed by atoms with Crippen LogP contribution in [-0.4, -0.2) is 29.0 Å². The van der Waals surface area contributed by atoms with Crippen molar-refractivity contribution < 1.29 is 4.79 Å². The Morgan fingerprint density at radius 1 is 1.00 bits per heavy atom. The maximum atomic E-state index is 12.2. The third-order valence-electron chi connectivity index (χ3n) is 3.96. The van der Waals surface area contributed by atoms with Gasteiger partial charge in [-0.2, -0.15) is 4.98 Å². The molecule has 3 aromatic rings. The van der Waals surface area contributed by atoms with Crippen molar-refractivity contribution in [3.63, 3.8) is 0 Å². The molecule has 3 rings (SSSR count). The van der Waals surface area contributed by atoms with Crippen molar-refractivity contribution in [2.75, 3.05) is 23.7 Å². The summed E-state index contributed by atoms with van der Waals surface area (Å²) in [6, 6.07) is 17.5. The quantitative estimate of drug-likeness (QED) is 0.343. The Hall–Kier alpha value is -2.68. The number of nitrogens with one attached hydrogen (secondary N) is 3. The summed E-state index contributed by atoms with van der Waals surface area (Å²) in [4.78, 5) is 21.1. The fourth-order valence-electron chi connectivity index (χ4n) is 2.58.